The van der Waals surface area contributed by atoms with Gasteiger partial charge < -0.3 is 5.11 Å². The van der Waals surface area contributed by atoms with Crippen LogP contribution in [0.3, 0.4) is 0 Å². The molecule has 2 aromatic heterocycles. The Bertz CT molecular complexity index is 782. The lowest BCUT2D eigenvalue weighted by atomic mass is 10.1. The number of amides is 1. The number of alkyl halides is 3. The van der Waals surface area contributed by atoms with E-state index in [2.05, 4.69) is 10.2 Å². The average Bonchev–Trinajstić information content (AvgIpc) is 3.12. The van der Waals surface area contributed by atoms with Crippen molar-refractivity contribution in [1.82, 2.24) is 19.6 Å². The summed E-state index contributed by atoms with van der Waals surface area (Å²) in [5.74, 6) is -1.80. The van der Waals surface area contributed by atoms with Crippen LogP contribution in [0.5, 0.6) is 0 Å². The van der Waals surface area contributed by atoms with Crippen molar-refractivity contribution in [2.45, 2.75) is 25.2 Å². The summed E-state index contributed by atoms with van der Waals surface area (Å²) in [6, 6.07) is 0.839. The zero-order valence-electron chi connectivity index (χ0n) is 12.1. The summed E-state index contributed by atoms with van der Waals surface area (Å²) < 4.78 is 40.9. The number of rotatable bonds is 3. The number of hydrogen-bond acceptors (Lipinski definition) is 4. The third kappa shape index (κ3) is 2.72. The number of carboxylic acids is 1. The predicted octanol–water partition coefficient (Wildman–Crippen LogP) is 1.32. The van der Waals surface area contributed by atoms with E-state index in [9.17, 15) is 22.8 Å². The summed E-state index contributed by atoms with van der Waals surface area (Å²) in [5.41, 5.74) is -0.0180. The van der Waals surface area contributed by atoms with Crippen LogP contribution in [0, 0.1) is 0 Å². The van der Waals surface area contributed by atoms with E-state index in [0.717, 1.165) is 14.3 Å². The molecule has 1 unspecified atom stereocenters. The van der Waals surface area contributed by atoms with Crippen LogP contribution >= 0.6 is 0 Å². The van der Waals surface area contributed by atoms with Crippen LogP contribution in [0.25, 0.3) is 0 Å². The molecule has 3 rings (SSSR count). The molecule has 24 heavy (non-hydrogen) atoms. The molecule has 1 amide bonds. The number of carbonyl (C=O) groups is 2. The van der Waals surface area contributed by atoms with Crippen molar-refractivity contribution in [3.63, 3.8) is 0 Å². The predicted molar refractivity (Wildman–Crippen MR) is 73.5 cm³/mol. The molecule has 2 aromatic rings. The van der Waals surface area contributed by atoms with Crippen LogP contribution in [-0.4, -0.2) is 49.3 Å². The standard InChI is InChI=1S/C13H12F3N5O3/c14-13(15,16)9-3-6-19(10-2-5-18-21(9)10)12(24)8-1-4-17-20(8)7-11(22)23/h1-2,4-5,9H,3,6-7H2,(H,22,23). The van der Waals surface area contributed by atoms with Crippen molar-refractivity contribution >= 4 is 17.7 Å². The molecule has 11 heteroatoms. The number of hydrogen-bond donors (Lipinski definition) is 1. The number of aliphatic carboxylic acids is 1. The van der Waals surface area contributed by atoms with Gasteiger partial charge in [-0.15, -0.1) is 0 Å². The maximum absolute atomic E-state index is 13.1. The number of fused-ring (bicyclic) bond motifs is 1. The van der Waals surface area contributed by atoms with Crippen LogP contribution in [0.15, 0.2) is 24.5 Å². The first-order valence-corrected chi connectivity index (χ1v) is 6.94. The molecule has 0 saturated heterocycles. The third-order valence-electron chi connectivity index (χ3n) is 3.69. The van der Waals surface area contributed by atoms with E-state index >= 15 is 0 Å². The molecule has 0 spiro atoms. The molecule has 1 atom stereocenters. The highest BCUT2D eigenvalue weighted by Crippen LogP contribution is 2.39. The highest BCUT2D eigenvalue weighted by molar-refractivity contribution is 6.04. The van der Waals surface area contributed by atoms with E-state index in [4.69, 9.17) is 5.11 Å². The van der Waals surface area contributed by atoms with E-state index in [1.807, 2.05) is 0 Å². The van der Waals surface area contributed by atoms with E-state index in [1.54, 1.807) is 0 Å². The quantitative estimate of drug-likeness (QED) is 0.907. The fourth-order valence-corrected chi connectivity index (χ4v) is 2.66. The topological polar surface area (TPSA) is 93.2 Å². The van der Waals surface area contributed by atoms with E-state index in [0.29, 0.717) is 0 Å². The van der Waals surface area contributed by atoms with E-state index < -0.39 is 30.6 Å². The van der Waals surface area contributed by atoms with Crippen molar-refractivity contribution in [3.8, 4) is 0 Å². The zero-order valence-corrected chi connectivity index (χ0v) is 12.1. The minimum absolute atomic E-state index is 0.0108. The van der Waals surface area contributed by atoms with Crippen molar-refractivity contribution < 1.29 is 27.9 Å². The molecule has 0 aromatic carbocycles. The summed E-state index contributed by atoms with van der Waals surface area (Å²) in [4.78, 5) is 24.6. The van der Waals surface area contributed by atoms with Crippen molar-refractivity contribution in [3.05, 3.63) is 30.2 Å². The Morgan fingerprint density at radius 2 is 1.96 bits per heavy atom. The second-order valence-corrected chi connectivity index (χ2v) is 5.20. The second-order valence-electron chi connectivity index (χ2n) is 5.20. The van der Waals surface area contributed by atoms with Gasteiger partial charge >= 0.3 is 12.1 Å². The molecule has 3 heterocycles. The number of anilines is 1. The van der Waals surface area contributed by atoms with Gasteiger partial charge in [0.25, 0.3) is 5.91 Å². The summed E-state index contributed by atoms with van der Waals surface area (Å²) in [5, 5.41) is 16.3. The molecule has 1 aliphatic heterocycles. The first kappa shape index (κ1) is 16.0. The highest BCUT2D eigenvalue weighted by atomic mass is 19.4. The largest absolute Gasteiger partial charge is 0.480 e. The first-order chi connectivity index (χ1) is 11.3. The van der Waals surface area contributed by atoms with Crippen LogP contribution in [0.1, 0.15) is 23.0 Å². The Hall–Kier alpha value is -2.85. The lowest BCUT2D eigenvalue weighted by molar-refractivity contribution is -0.172. The minimum Gasteiger partial charge on any atom is -0.480 e. The Kier molecular flexibility index (Phi) is 3.78. The Balaban J connectivity index is 1.93. The lowest BCUT2D eigenvalue weighted by Crippen LogP contribution is -2.43. The highest BCUT2D eigenvalue weighted by Gasteiger charge is 2.46. The van der Waals surface area contributed by atoms with Gasteiger partial charge in [0.15, 0.2) is 6.04 Å². The molecule has 0 aliphatic carbocycles. The molecule has 128 valence electrons. The maximum atomic E-state index is 13.1. The molecule has 1 aliphatic rings. The third-order valence-corrected chi connectivity index (χ3v) is 3.69. The molecule has 0 radical (unpaired) electrons. The minimum atomic E-state index is -4.47. The number of aromatic nitrogens is 4. The Morgan fingerprint density at radius 3 is 2.62 bits per heavy atom. The van der Waals surface area contributed by atoms with Gasteiger partial charge in [-0.05, 0) is 12.5 Å². The summed E-state index contributed by atoms with van der Waals surface area (Å²) in [6.07, 6.45) is -2.36. The van der Waals surface area contributed by atoms with E-state index in [-0.39, 0.29) is 24.5 Å². The van der Waals surface area contributed by atoms with Gasteiger partial charge in [0.05, 0.1) is 6.20 Å². The van der Waals surface area contributed by atoms with Crippen LogP contribution in [0.4, 0.5) is 19.0 Å². The molecule has 1 N–H and O–H groups in total. The van der Waals surface area contributed by atoms with Gasteiger partial charge in [-0.2, -0.15) is 23.4 Å². The fraction of sp³-hybridized carbons (Fsp3) is 0.385. The second kappa shape index (κ2) is 5.65. The van der Waals surface area contributed by atoms with Crippen LogP contribution in [0.2, 0.25) is 0 Å². The smallest absolute Gasteiger partial charge is 0.410 e. The zero-order chi connectivity index (χ0) is 17.5. The summed E-state index contributed by atoms with van der Waals surface area (Å²) in [7, 11) is 0. The van der Waals surface area contributed by atoms with Gasteiger partial charge in [0.1, 0.15) is 18.1 Å². The average molecular weight is 343 g/mol. The van der Waals surface area contributed by atoms with Gasteiger partial charge in [0.2, 0.25) is 0 Å². The van der Waals surface area contributed by atoms with Crippen LogP contribution in [-0.2, 0) is 11.3 Å². The molecule has 0 bridgehead atoms. The van der Waals surface area contributed by atoms with Crippen molar-refractivity contribution in [2.75, 3.05) is 11.4 Å². The normalized spacial score (nSPS) is 17.6. The number of carbonyl (C=O) groups excluding carboxylic acids is 1. The van der Waals surface area contributed by atoms with Crippen molar-refractivity contribution in [2.24, 2.45) is 0 Å². The Morgan fingerprint density at radius 1 is 1.25 bits per heavy atom. The van der Waals surface area contributed by atoms with Gasteiger partial charge in [-0.25, -0.2) is 9.36 Å². The monoisotopic (exact) mass is 343 g/mol. The van der Waals surface area contributed by atoms with E-state index in [1.165, 1.54) is 24.5 Å². The van der Waals surface area contributed by atoms with Gasteiger partial charge in [0, 0.05) is 18.8 Å². The molecule has 0 fully saturated rings. The summed E-state index contributed by atoms with van der Waals surface area (Å²) in [6.45, 7) is -0.681. The fourth-order valence-electron chi connectivity index (χ4n) is 2.66. The number of halogens is 3. The number of carboxylic acid groups (broad SMARTS) is 1. The summed E-state index contributed by atoms with van der Waals surface area (Å²) >= 11 is 0. The molecule has 0 saturated carbocycles. The van der Waals surface area contributed by atoms with Gasteiger partial charge in [-0.1, -0.05) is 0 Å². The maximum Gasteiger partial charge on any atom is 0.410 e. The first-order valence-electron chi connectivity index (χ1n) is 6.94. The molecular weight excluding hydrogens is 331 g/mol. The van der Waals surface area contributed by atoms with Gasteiger partial charge in [-0.3, -0.25) is 14.5 Å². The SMILES string of the molecule is O=C(O)Cn1nccc1C(=O)N1CCC(C(F)(F)F)n2nccc21. The van der Waals surface area contributed by atoms with Crippen molar-refractivity contribution in [1.29, 1.82) is 0 Å². The Labute approximate surface area is 133 Å². The lowest BCUT2D eigenvalue weighted by Gasteiger charge is -2.33. The van der Waals surface area contributed by atoms with Crippen LogP contribution < -0.4 is 4.90 Å². The molecular formula is C13H12F3N5O3. The molecule has 8 nitrogen and oxygen atoms in total. The number of nitrogens with zero attached hydrogens (tertiary/aromatic N) is 5.